The van der Waals surface area contributed by atoms with Crippen LogP contribution >= 0.6 is 0 Å². The molecule has 0 radical (unpaired) electrons. The molecule has 176 valence electrons. The molecule has 0 atom stereocenters. The molecular weight excluding hydrogens is 432 g/mol. The van der Waals surface area contributed by atoms with Crippen LogP contribution in [0.2, 0.25) is 0 Å². The number of aryl methyl sites for hydroxylation is 2. The summed E-state index contributed by atoms with van der Waals surface area (Å²) in [6.45, 7) is 4.53. The fourth-order valence-electron chi connectivity index (χ4n) is 3.30. The molecule has 0 spiro atoms. The van der Waals surface area contributed by atoms with E-state index in [1.165, 1.54) is 20.5 Å². The Morgan fingerprint density at radius 2 is 1.79 bits per heavy atom. The number of ether oxygens (including phenoxy) is 3. The van der Waals surface area contributed by atoms with Gasteiger partial charge in [-0.25, -0.2) is 4.79 Å². The van der Waals surface area contributed by atoms with Gasteiger partial charge in [0.2, 0.25) is 0 Å². The lowest BCUT2D eigenvalue weighted by Gasteiger charge is -2.15. The zero-order valence-electron chi connectivity index (χ0n) is 19.8. The van der Waals surface area contributed by atoms with Gasteiger partial charge in [-0.15, -0.1) is 0 Å². The van der Waals surface area contributed by atoms with E-state index in [9.17, 15) is 4.79 Å². The molecule has 2 aromatic carbocycles. The van der Waals surface area contributed by atoms with Gasteiger partial charge in [-0.2, -0.15) is 0 Å². The summed E-state index contributed by atoms with van der Waals surface area (Å²) < 4.78 is 16.1. The van der Waals surface area contributed by atoms with E-state index in [1.54, 1.807) is 12.4 Å². The Morgan fingerprint density at radius 3 is 2.53 bits per heavy atom. The van der Waals surface area contributed by atoms with E-state index < -0.39 is 5.97 Å². The van der Waals surface area contributed by atoms with Gasteiger partial charge in [0.15, 0.2) is 6.61 Å². The fourth-order valence-corrected chi connectivity index (χ4v) is 3.30. The van der Waals surface area contributed by atoms with Crippen molar-refractivity contribution in [1.29, 1.82) is 0 Å². The molecule has 0 saturated carbocycles. The molecule has 0 N–H and O–H groups in total. The number of methoxy groups -OCH3 is 2. The Balaban J connectivity index is 1.70. The van der Waals surface area contributed by atoms with Gasteiger partial charge in [0.05, 0.1) is 32.4 Å². The minimum Gasteiger partial charge on any atom is -0.503 e. The topological polar surface area (TPSA) is 79.2 Å². The second-order valence-corrected chi connectivity index (χ2v) is 7.51. The maximum Gasteiger partial charge on any atom is 0.341 e. The lowest BCUT2D eigenvalue weighted by Crippen LogP contribution is -2.08. The first-order chi connectivity index (χ1) is 16.5. The molecule has 0 unspecified atom stereocenters. The number of oxime groups is 1. The van der Waals surface area contributed by atoms with Crippen LogP contribution in [0.15, 0.2) is 72.2 Å². The highest BCUT2D eigenvalue weighted by molar-refractivity contribution is 6.16. The highest BCUT2D eigenvalue weighted by atomic mass is 16.6. The molecule has 0 aliphatic heterocycles. The monoisotopic (exact) mass is 460 g/mol. The number of rotatable bonds is 10. The Bertz CT molecular complexity index is 1170. The second-order valence-electron chi connectivity index (χ2n) is 7.51. The summed E-state index contributed by atoms with van der Waals surface area (Å²) in [4.78, 5) is 21.8. The molecule has 0 bridgehead atoms. The summed E-state index contributed by atoms with van der Waals surface area (Å²) in [7, 11) is 2.83. The molecule has 0 amide bonds. The van der Waals surface area contributed by atoms with Crippen molar-refractivity contribution in [3.63, 3.8) is 0 Å². The first-order valence-corrected chi connectivity index (χ1v) is 10.7. The smallest absolute Gasteiger partial charge is 0.341 e. The van der Waals surface area contributed by atoms with Crippen molar-refractivity contribution >= 4 is 17.8 Å². The fraction of sp³-hybridized carbons (Fsp3) is 0.222. The first-order valence-electron chi connectivity index (χ1n) is 10.7. The average Bonchev–Trinajstić information content (AvgIpc) is 2.86. The van der Waals surface area contributed by atoms with Crippen LogP contribution < -0.4 is 4.74 Å². The average molecular weight is 461 g/mol. The van der Waals surface area contributed by atoms with Crippen molar-refractivity contribution in [2.24, 2.45) is 5.16 Å². The van der Waals surface area contributed by atoms with Gasteiger partial charge in [0.25, 0.3) is 0 Å². The SMILES string of the molecule is CO/C=C(/C(=O)OC)c1ccccc1COc1cc(C)c(/C=N/OCc2ccccn2)cc1C. The predicted molar refractivity (Wildman–Crippen MR) is 130 cm³/mol. The third-order valence-electron chi connectivity index (χ3n) is 5.10. The van der Waals surface area contributed by atoms with Gasteiger partial charge in [0.1, 0.15) is 17.9 Å². The minimum atomic E-state index is -0.477. The number of esters is 1. The molecular formula is C27H28N2O5. The van der Waals surface area contributed by atoms with Gasteiger partial charge in [-0.3, -0.25) is 4.98 Å². The molecule has 0 saturated heterocycles. The summed E-state index contributed by atoms with van der Waals surface area (Å²) in [6, 6.07) is 17.1. The number of hydrogen-bond donors (Lipinski definition) is 0. The Kier molecular flexibility index (Phi) is 8.80. The standard InChI is InChI=1S/C27H28N2O5/c1-19-14-26(20(2)13-22(19)15-29-34-17-23-10-7-8-12-28-23)33-16-21-9-5-6-11-24(21)25(18-31-3)27(30)32-4/h5-15,18H,16-17H2,1-4H3/b25-18+,29-15+. The van der Waals surface area contributed by atoms with E-state index in [-0.39, 0.29) is 6.61 Å². The summed E-state index contributed by atoms with van der Waals surface area (Å²) in [5.41, 5.74) is 5.55. The van der Waals surface area contributed by atoms with Crippen LogP contribution in [0.1, 0.15) is 33.5 Å². The molecule has 0 fully saturated rings. The third-order valence-corrected chi connectivity index (χ3v) is 5.10. The molecule has 7 nitrogen and oxygen atoms in total. The van der Waals surface area contributed by atoms with Crippen molar-refractivity contribution in [2.75, 3.05) is 14.2 Å². The molecule has 0 aliphatic carbocycles. The van der Waals surface area contributed by atoms with Gasteiger partial charge in [-0.05, 0) is 65.9 Å². The first kappa shape index (κ1) is 24.5. The van der Waals surface area contributed by atoms with Crippen LogP contribution in [0.5, 0.6) is 5.75 Å². The third kappa shape index (κ3) is 6.45. The molecule has 7 heteroatoms. The molecule has 1 aromatic heterocycles. The van der Waals surface area contributed by atoms with Gasteiger partial charge in [-0.1, -0.05) is 35.5 Å². The van der Waals surface area contributed by atoms with Gasteiger partial charge >= 0.3 is 5.97 Å². The highest BCUT2D eigenvalue weighted by Gasteiger charge is 2.17. The summed E-state index contributed by atoms with van der Waals surface area (Å²) in [6.07, 6.45) is 4.78. The van der Waals surface area contributed by atoms with E-state index in [0.717, 1.165) is 33.7 Å². The van der Waals surface area contributed by atoms with E-state index in [0.29, 0.717) is 17.7 Å². The van der Waals surface area contributed by atoms with Crippen LogP contribution in [0.25, 0.3) is 5.57 Å². The number of benzene rings is 2. The highest BCUT2D eigenvalue weighted by Crippen LogP contribution is 2.26. The maximum absolute atomic E-state index is 12.2. The van der Waals surface area contributed by atoms with Crippen molar-refractivity contribution in [2.45, 2.75) is 27.1 Å². The van der Waals surface area contributed by atoms with E-state index >= 15 is 0 Å². The molecule has 3 aromatic rings. The molecule has 34 heavy (non-hydrogen) atoms. The van der Waals surface area contributed by atoms with Crippen LogP contribution in [0.3, 0.4) is 0 Å². The van der Waals surface area contributed by atoms with Crippen molar-refractivity contribution in [3.8, 4) is 5.75 Å². The van der Waals surface area contributed by atoms with E-state index in [4.69, 9.17) is 19.0 Å². The Morgan fingerprint density at radius 1 is 1.00 bits per heavy atom. The Hall–Kier alpha value is -4.13. The molecule has 3 rings (SSSR count). The van der Waals surface area contributed by atoms with E-state index in [2.05, 4.69) is 10.1 Å². The normalized spacial score (nSPS) is 11.4. The van der Waals surface area contributed by atoms with Crippen LogP contribution in [-0.2, 0) is 32.3 Å². The predicted octanol–water partition coefficient (Wildman–Crippen LogP) is 4.99. The van der Waals surface area contributed by atoms with Crippen LogP contribution in [-0.4, -0.2) is 31.4 Å². The van der Waals surface area contributed by atoms with Gasteiger partial charge < -0.3 is 19.0 Å². The summed E-state index contributed by atoms with van der Waals surface area (Å²) in [5.74, 6) is 0.268. The number of pyridine rings is 1. The largest absolute Gasteiger partial charge is 0.503 e. The maximum atomic E-state index is 12.2. The number of nitrogens with zero attached hydrogens (tertiary/aromatic N) is 2. The van der Waals surface area contributed by atoms with Crippen molar-refractivity contribution < 1.29 is 23.8 Å². The zero-order valence-corrected chi connectivity index (χ0v) is 19.8. The van der Waals surface area contributed by atoms with Crippen LogP contribution in [0.4, 0.5) is 0 Å². The van der Waals surface area contributed by atoms with Crippen LogP contribution in [0, 0.1) is 13.8 Å². The number of carbonyl (C=O) groups excluding carboxylic acids is 1. The van der Waals surface area contributed by atoms with Crippen molar-refractivity contribution in [3.05, 3.63) is 101 Å². The van der Waals surface area contributed by atoms with Crippen molar-refractivity contribution in [1.82, 2.24) is 4.98 Å². The summed E-state index contributed by atoms with van der Waals surface area (Å²) >= 11 is 0. The lowest BCUT2D eigenvalue weighted by molar-refractivity contribution is -0.133. The number of aromatic nitrogens is 1. The number of hydrogen-bond acceptors (Lipinski definition) is 7. The lowest BCUT2D eigenvalue weighted by atomic mass is 10.0. The Labute approximate surface area is 199 Å². The zero-order chi connectivity index (χ0) is 24.3. The summed E-state index contributed by atoms with van der Waals surface area (Å²) in [5, 5.41) is 4.07. The number of carbonyl (C=O) groups is 1. The van der Waals surface area contributed by atoms with E-state index in [1.807, 2.05) is 68.4 Å². The molecule has 0 aliphatic rings. The minimum absolute atomic E-state index is 0.273. The second kappa shape index (κ2) is 12.2. The molecule has 1 heterocycles. The van der Waals surface area contributed by atoms with Gasteiger partial charge in [0, 0.05) is 6.20 Å². The quantitative estimate of drug-likeness (QED) is 0.139.